The number of carbonyl (C=O) groups excluding carboxylic acids is 1. The van der Waals surface area contributed by atoms with E-state index in [1.807, 2.05) is 32.0 Å². The second kappa shape index (κ2) is 5.29. The second-order valence-electron chi connectivity index (χ2n) is 5.62. The molecule has 19 heavy (non-hydrogen) atoms. The summed E-state index contributed by atoms with van der Waals surface area (Å²) in [7, 11) is 0. The zero-order valence-electron chi connectivity index (χ0n) is 11.5. The number of amides is 1. The summed E-state index contributed by atoms with van der Waals surface area (Å²) in [5.74, 6) is 0.105. The Bertz CT molecular complexity index is 519. The van der Waals surface area contributed by atoms with Crippen LogP contribution in [0.15, 0.2) is 18.2 Å². The highest BCUT2D eigenvalue weighted by Gasteiger charge is 2.36. The van der Waals surface area contributed by atoms with Gasteiger partial charge in [-0.1, -0.05) is 44.1 Å². The minimum absolute atomic E-state index is 0.105. The van der Waals surface area contributed by atoms with Crippen molar-refractivity contribution in [1.82, 2.24) is 0 Å². The van der Waals surface area contributed by atoms with E-state index in [0.717, 1.165) is 42.5 Å². The molecule has 1 fully saturated rings. The molecule has 0 radical (unpaired) electrons. The normalized spacial score (nSPS) is 17.2. The van der Waals surface area contributed by atoms with Crippen molar-refractivity contribution in [2.75, 3.05) is 5.32 Å². The number of carbonyl (C=O) groups is 1. The summed E-state index contributed by atoms with van der Waals surface area (Å²) in [4.78, 5) is 12.7. The Kier molecular flexibility index (Phi) is 3.90. The molecule has 102 valence electrons. The number of nitrogens with two attached hydrogens (primary N) is 1. The number of nitrogens with one attached hydrogen (secondary N) is 1. The Labute approximate surface area is 119 Å². The first-order valence-electron chi connectivity index (χ1n) is 6.64. The molecule has 1 aliphatic carbocycles. The minimum Gasteiger partial charge on any atom is -0.389 e. The van der Waals surface area contributed by atoms with Crippen LogP contribution in [0, 0.1) is 12.3 Å². The molecule has 3 N–H and O–H groups in total. The van der Waals surface area contributed by atoms with Crippen LogP contribution in [0.4, 0.5) is 5.69 Å². The van der Waals surface area contributed by atoms with Gasteiger partial charge in [0.1, 0.15) is 4.99 Å². The molecule has 0 spiro atoms. The lowest BCUT2D eigenvalue weighted by Crippen LogP contribution is -2.31. The van der Waals surface area contributed by atoms with Crippen molar-refractivity contribution in [2.45, 2.75) is 39.5 Å². The fraction of sp³-hybridized carbons (Fsp3) is 0.467. The molecule has 0 bridgehead atoms. The molecule has 1 amide bonds. The van der Waals surface area contributed by atoms with E-state index in [2.05, 4.69) is 5.32 Å². The zero-order valence-corrected chi connectivity index (χ0v) is 12.3. The maximum Gasteiger partial charge on any atom is 0.230 e. The van der Waals surface area contributed by atoms with Gasteiger partial charge >= 0.3 is 0 Å². The standard InChI is InChI=1S/C15H20N2OS/c1-10-5-6-11(13(16)19)9-12(10)17-14(18)15(2)7-3-4-8-15/h5-6,9H,3-4,7-8H2,1-2H3,(H2,16,19)(H,17,18). The topological polar surface area (TPSA) is 55.1 Å². The molecule has 1 aromatic rings. The molecule has 4 heteroatoms. The van der Waals surface area contributed by atoms with E-state index in [1.165, 1.54) is 0 Å². The lowest BCUT2D eigenvalue weighted by molar-refractivity contribution is -0.124. The van der Waals surface area contributed by atoms with Crippen molar-refractivity contribution < 1.29 is 4.79 Å². The maximum atomic E-state index is 12.4. The Morgan fingerprint density at radius 3 is 2.58 bits per heavy atom. The molecule has 1 aromatic carbocycles. The van der Waals surface area contributed by atoms with Gasteiger partial charge in [-0.2, -0.15) is 0 Å². The molecular formula is C15H20N2OS. The first kappa shape index (κ1) is 14.0. The Balaban J connectivity index is 2.20. The SMILES string of the molecule is Cc1ccc(C(N)=S)cc1NC(=O)C1(C)CCCC1. The van der Waals surface area contributed by atoms with Crippen molar-refractivity contribution in [2.24, 2.45) is 11.1 Å². The Hall–Kier alpha value is -1.42. The molecule has 0 heterocycles. The summed E-state index contributed by atoms with van der Waals surface area (Å²) in [6.07, 6.45) is 4.20. The predicted octanol–water partition coefficient (Wildman–Crippen LogP) is 3.15. The summed E-state index contributed by atoms with van der Waals surface area (Å²) in [5.41, 5.74) is 8.02. The van der Waals surface area contributed by atoms with Crippen LogP contribution in [-0.2, 0) is 4.79 Å². The third-order valence-electron chi connectivity index (χ3n) is 4.03. The van der Waals surface area contributed by atoms with E-state index in [0.29, 0.717) is 4.99 Å². The van der Waals surface area contributed by atoms with Gasteiger partial charge in [-0.25, -0.2) is 0 Å². The number of hydrogen-bond donors (Lipinski definition) is 2. The molecule has 0 atom stereocenters. The van der Waals surface area contributed by atoms with Gasteiger partial charge in [-0.15, -0.1) is 0 Å². The molecule has 1 aliphatic rings. The first-order chi connectivity index (χ1) is 8.92. The van der Waals surface area contributed by atoms with E-state index in [9.17, 15) is 4.79 Å². The maximum absolute atomic E-state index is 12.4. The summed E-state index contributed by atoms with van der Waals surface area (Å²) in [6.45, 7) is 4.01. The molecule has 0 saturated heterocycles. The van der Waals surface area contributed by atoms with Crippen molar-refractivity contribution >= 4 is 28.8 Å². The minimum atomic E-state index is -0.230. The lowest BCUT2D eigenvalue weighted by atomic mass is 9.87. The summed E-state index contributed by atoms with van der Waals surface area (Å²) < 4.78 is 0. The molecule has 0 unspecified atom stereocenters. The average Bonchev–Trinajstić information content (AvgIpc) is 2.80. The van der Waals surface area contributed by atoms with Crippen LogP contribution in [0.2, 0.25) is 0 Å². The van der Waals surface area contributed by atoms with Crippen LogP contribution >= 0.6 is 12.2 Å². The van der Waals surface area contributed by atoms with Gasteiger partial charge in [0, 0.05) is 16.7 Å². The number of thiocarbonyl (C=S) groups is 1. The van der Waals surface area contributed by atoms with Crippen LogP contribution in [0.5, 0.6) is 0 Å². The fourth-order valence-electron chi connectivity index (χ4n) is 2.57. The number of rotatable bonds is 3. The van der Waals surface area contributed by atoms with Gasteiger partial charge in [0.2, 0.25) is 5.91 Å². The van der Waals surface area contributed by atoms with Crippen LogP contribution in [0.1, 0.15) is 43.7 Å². The van der Waals surface area contributed by atoms with E-state index in [4.69, 9.17) is 18.0 Å². The van der Waals surface area contributed by atoms with Crippen molar-refractivity contribution in [3.8, 4) is 0 Å². The van der Waals surface area contributed by atoms with Crippen molar-refractivity contribution in [1.29, 1.82) is 0 Å². The van der Waals surface area contributed by atoms with E-state index >= 15 is 0 Å². The number of aryl methyl sites for hydroxylation is 1. The molecule has 2 rings (SSSR count). The molecule has 1 saturated carbocycles. The van der Waals surface area contributed by atoms with Gasteiger partial charge in [-0.05, 0) is 31.4 Å². The third kappa shape index (κ3) is 2.95. The second-order valence-corrected chi connectivity index (χ2v) is 6.06. The smallest absolute Gasteiger partial charge is 0.230 e. The van der Waals surface area contributed by atoms with Gasteiger partial charge < -0.3 is 11.1 Å². The Morgan fingerprint density at radius 1 is 1.37 bits per heavy atom. The molecule has 3 nitrogen and oxygen atoms in total. The van der Waals surface area contributed by atoms with E-state index < -0.39 is 0 Å². The highest BCUT2D eigenvalue weighted by molar-refractivity contribution is 7.80. The molecular weight excluding hydrogens is 256 g/mol. The summed E-state index contributed by atoms with van der Waals surface area (Å²) in [6, 6.07) is 5.67. The van der Waals surface area contributed by atoms with Crippen molar-refractivity contribution in [3.05, 3.63) is 29.3 Å². The Morgan fingerprint density at radius 2 is 2.00 bits per heavy atom. The van der Waals surface area contributed by atoms with Gasteiger partial charge in [-0.3, -0.25) is 4.79 Å². The number of anilines is 1. The third-order valence-corrected chi connectivity index (χ3v) is 4.26. The number of benzene rings is 1. The van der Waals surface area contributed by atoms with Gasteiger partial charge in [0.25, 0.3) is 0 Å². The number of hydrogen-bond acceptors (Lipinski definition) is 2. The largest absolute Gasteiger partial charge is 0.389 e. The summed E-state index contributed by atoms with van der Waals surface area (Å²) in [5, 5.41) is 3.03. The lowest BCUT2D eigenvalue weighted by Gasteiger charge is -2.23. The highest BCUT2D eigenvalue weighted by atomic mass is 32.1. The van der Waals surface area contributed by atoms with Crippen LogP contribution < -0.4 is 11.1 Å². The van der Waals surface area contributed by atoms with Crippen LogP contribution in [-0.4, -0.2) is 10.9 Å². The molecule has 0 aromatic heterocycles. The van der Waals surface area contributed by atoms with Crippen LogP contribution in [0.25, 0.3) is 0 Å². The fourth-order valence-corrected chi connectivity index (χ4v) is 2.69. The van der Waals surface area contributed by atoms with E-state index in [1.54, 1.807) is 0 Å². The van der Waals surface area contributed by atoms with Crippen LogP contribution in [0.3, 0.4) is 0 Å². The van der Waals surface area contributed by atoms with E-state index in [-0.39, 0.29) is 11.3 Å². The predicted molar refractivity (Wildman–Crippen MR) is 82.3 cm³/mol. The summed E-state index contributed by atoms with van der Waals surface area (Å²) >= 11 is 4.97. The highest BCUT2D eigenvalue weighted by Crippen LogP contribution is 2.38. The van der Waals surface area contributed by atoms with Gasteiger partial charge in [0.05, 0.1) is 0 Å². The molecule has 0 aliphatic heterocycles. The zero-order chi connectivity index (χ0) is 14.0. The van der Waals surface area contributed by atoms with Crippen molar-refractivity contribution in [3.63, 3.8) is 0 Å². The average molecular weight is 276 g/mol. The quantitative estimate of drug-likeness (QED) is 0.834. The first-order valence-corrected chi connectivity index (χ1v) is 7.05. The monoisotopic (exact) mass is 276 g/mol. The van der Waals surface area contributed by atoms with Gasteiger partial charge in [0.15, 0.2) is 0 Å².